The Morgan fingerprint density at radius 3 is 2.50 bits per heavy atom. The fourth-order valence-corrected chi connectivity index (χ4v) is 1.87. The molecule has 1 heterocycles. The Morgan fingerprint density at radius 2 is 2.14 bits per heavy atom. The van der Waals surface area contributed by atoms with E-state index in [0.29, 0.717) is 0 Å². The molecule has 0 fully saturated rings. The van der Waals surface area contributed by atoms with E-state index in [-0.39, 0.29) is 10.9 Å². The zero-order valence-electron chi connectivity index (χ0n) is 8.01. The van der Waals surface area contributed by atoms with Gasteiger partial charge in [0.15, 0.2) is 0 Å². The molecule has 1 rings (SSSR count). The molecule has 0 aliphatic heterocycles. The van der Waals surface area contributed by atoms with E-state index in [0.717, 1.165) is 6.26 Å². The highest BCUT2D eigenvalue weighted by Gasteiger charge is 2.20. The van der Waals surface area contributed by atoms with Crippen LogP contribution in [0.2, 0.25) is 0 Å². The molecular weight excluding hydrogens is 208 g/mol. The van der Waals surface area contributed by atoms with Gasteiger partial charge in [0.05, 0.1) is 13.3 Å². The summed E-state index contributed by atoms with van der Waals surface area (Å²) in [5.41, 5.74) is 0.105. The largest absolute Gasteiger partial charge is 0.464 e. The second-order valence-corrected chi connectivity index (χ2v) is 4.66. The first kappa shape index (κ1) is 10.7. The van der Waals surface area contributed by atoms with Crippen LogP contribution in [0, 0.1) is 0 Å². The molecule has 0 unspecified atom stereocenters. The minimum atomic E-state index is -3.41. The summed E-state index contributed by atoms with van der Waals surface area (Å²) in [6.45, 7) is 0. The molecular formula is C7H10N2O4S. The summed E-state index contributed by atoms with van der Waals surface area (Å²) in [6, 6.07) is 0. The Morgan fingerprint density at radius 1 is 1.57 bits per heavy atom. The standard InChI is InChI=1S/C7H10N2O4S/c1-9-5(6(10)13-2)4-8-7(9)14(3,11)12/h4H,1-3H3. The van der Waals surface area contributed by atoms with Gasteiger partial charge >= 0.3 is 5.97 Å². The molecule has 14 heavy (non-hydrogen) atoms. The molecule has 0 atom stereocenters. The van der Waals surface area contributed by atoms with Gasteiger partial charge in [-0.15, -0.1) is 0 Å². The van der Waals surface area contributed by atoms with E-state index in [1.807, 2.05) is 0 Å². The van der Waals surface area contributed by atoms with Crippen molar-refractivity contribution in [3.8, 4) is 0 Å². The van der Waals surface area contributed by atoms with Crippen LogP contribution in [-0.2, 0) is 21.6 Å². The van der Waals surface area contributed by atoms with Gasteiger partial charge < -0.3 is 9.30 Å². The van der Waals surface area contributed by atoms with E-state index in [4.69, 9.17) is 0 Å². The van der Waals surface area contributed by atoms with Gasteiger partial charge in [-0.05, 0) is 0 Å². The third-order valence-electron chi connectivity index (χ3n) is 1.67. The molecule has 0 bridgehead atoms. The number of hydrogen-bond donors (Lipinski definition) is 0. The molecule has 0 aliphatic rings. The highest BCUT2D eigenvalue weighted by Crippen LogP contribution is 2.09. The first-order valence-corrected chi connectivity index (χ1v) is 5.57. The molecule has 0 amide bonds. The van der Waals surface area contributed by atoms with Crippen LogP contribution in [0.5, 0.6) is 0 Å². The van der Waals surface area contributed by atoms with Gasteiger partial charge in [0.2, 0.25) is 15.0 Å². The van der Waals surface area contributed by atoms with Crippen molar-refractivity contribution in [1.29, 1.82) is 0 Å². The maximum absolute atomic E-state index is 11.1. The molecule has 1 aromatic heterocycles. The Balaban J connectivity index is 3.29. The molecule has 0 radical (unpaired) electrons. The normalized spacial score (nSPS) is 11.4. The molecule has 0 saturated carbocycles. The number of sulfone groups is 1. The summed E-state index contributed by atoms with van der Waals surface area (Å²) in [7, 11) is -0.752. The third kappa shape index (κ3) is 1.77. The zero-order valence-corrected chi connectivity index (χ0v) is 8.83. The second kappa shape index (κ2) is 3.41. The second-order valence-electron chi connectivity index (χ2n) is 2.75. The van der Waals surface area contributed by atoms with Gasteiger partial charge in [0.1, 0.15) is 5.69 Å². The fraction of sp³-hybridized carbons (Fsp3) is 0.429. The fourth-order valence-electron chi connectivity index (χ4n) is 1.03. The number of imidazole rings is 1. The van der Waals surface area contributed by atoms with Gasteiger partial charge in [-0.2, -0.15) is 0 Å². The van der Waals surface area contributed by atoms with E-state index >= 15 is 0 Å². The van der Waals surface area contributed by atoms with E-state index in [1.165, 1.54) is 24.9 Å². The SMILES string of the molecule is COC(=O)c1cnc(S(C)(=O)=O)n1C. The van der Waals surface area contributed by atoms with Crippen LogP contribution in [0.25, 0.3) is 0 Å². The van der Waals surface area contributed by atoms with Gasteiger partial charge in [0, 0.05) is 13.3 Å². The van der Waals surface area contributed by atoms with Crippen molar-refractivity contribution in [1.82, 2.24) is 9.55 Å². The highest BCUT2D eigenvalue weighted by atomic mass is 32.2. The summed E-state index contributed by atoms with van der Waals surface area (Å²) < 4.78 is 27.9. The van der Waals surface area contributed by atoms with Crippen LogP contribution in [0.4, 0.5) is 0 Å². The predicted octanol–water partition coefficient (Wildman–Crippen LogP) is -0.390. The van der Waals surface area contributed by atoms with Crippen LogP contribution >= 0.6 is 0 Å². The van der Waals surface area contributed by atoms with E-state index in [2.05, 4.69) is 9.72 Å². The van der Waals surface area contributed by atoms with E-state index in [1.54, 1.807) is 0 Å². The molecule has 6 nitrogen and oxygen atoms in total. The number of carbonyl (C=O) groups is 1. The molecule has 0 aromatic carbocycles. The monoisotopic (exact) mass is 218 g/mol. The average molecular weight is 218 g/mol. The molecule has 0 N–H and O–H groups in total. The molecule has 7 heteroatoms. The number of ether oxygens (including phenoxy) is 1. The maximum Gasteiger partial charge on any atom is 0.356 e. The number of nitrogens with zero attached hydrogens (tertiary/aromatic N) is 2. The smallest absolute Gasteiger partial charge is 0.356 e. The lowest BCUT2D eigenvalue weighted by Gasteiger charge is -2.01. The average Bonchev–Trinajstić information content (AvgIpc) is 2.45. The van der Waals surface area contributed by atoms with Gasteiger partial charge in [-0.3, -0.25) is 0 Å². The summed E-state index contributed by atoms with van der Waals surface area (Å²) in [6.07, 6.45) is 2.19. The van der Waals surface area contributed by atoms with Crippen molar-refractivity contribution in [2.45, 2.75) is 5.16 Å². The van der Waals surface area contributed by atoms with Crippen molar-refractivity contribution in [2.75, 3.05) is 13.4 Å². The van der Waals surface area contributed by atoms with E-state index < -0.39 is 15.8 Å². The minimum absolute atomic E-state index is 0.105. The maximum atomic E-state index is 11.1. The summed E-state index contributed by atoms with van der Waals surface area (Å²) >= 11 is 0. The van der Waals surface area contributed by atoms with Crippen molar-refractivity contribution >= 4 is 15.8 Å². The Bertz CT molecular complexity index is 460. The third-order valence-corrected chi connectivity index (χ3v) is 2.71. The lowest BCUT2D eigenvalue weighted by Crippen LogP contribution is -2.12. The van der Waals surface area contributed by atoms with Crippen molar-refractivity contribution in [3.63, 3.8) is 0 Å². The number of hydrogen-bond acceptors (Lipinski definition) is 5. The first-order chi connectivity index (χ1) is 6.38. The van der Waals surface area contributed by atoms with Crippen molar-refractivity contribution < 1.29 is 17.9 Å². The quantitative estimate of drug-likeness (QED) is 0.632. The predicted molar refractivity (Wildman–Crippen MR) is 47.7 cm³/mol. The summed E-state index contributed by atoms with van der Waals surface area (Å²) in [5, 5.41) is -0.155. The summed E-state index contributed by atoms with van der Waals surface area (Å²) in [4.78, 5) is 14.7. The van der Waals surface area contributed by atoms with Crippen molar-refractivity contribution in [3.05, 3.63) is 11.9 Å². The van der Waals surface area contributed by atoms with E-state index in [9.17, 15) is 13.2 Å². The summed E-state index contributed by atoms with van der Waals surface area (Å²) in [5.74, 6) is -0.616. The molecule has 78 valence electrons. The lowest BCUT2D eigenvalue weighted by atomic mass is 10.5. The zero-order chi connectivity index (χ0) is 10.9. The van der Waals surface area contributed by atoms with Gasteiger partial charge in [0.25, 0.3) is 0 Å². The number of rotatable bonds is 2. The van der Waals surface area contributed by atoms with Crippen LogP contribution in [-0.4, -0.2) is 37.3 Å². The molecule has 1 aromatic rings. The number of aromatic nitrogens is 2. The number of methoxy groups -OCH3 is 1. The van der Waals surface area contributed by atoms with Crippen molar-refractivity contribution in [2.24, 2.45) is 7.05 Å². The Kier molecular flexibility index (Phi) is 2.61. The Hall–Kier alpha value is -1.37. The van der Waals surface area contributed by atoms with Crippen LogP contribution < -0.4 is 0 Å². The first-order valence-electron chi connectivity index (χ1n) is 3.68. The molecule has 0 spiro atoms. The number of carbonyl (C=O) groups excluding carboxylic acids is 1. The van der Waals surface area contributed by atoms with Crippen LogP contribution in [0.3, 0.4) is 0 Å². The molecule has 0 saturated heterocycles. The minimum Gasteiger partial charge on any atom is -0.464 e. The topological polar surface area (TPSA) is 78.3 Å². The van der Waals surface area contributed by atoms with Crippen LogP contribution in [0.1, 0.15) is 10.5 Å². The van der Waals surface area contributed by atoms with Gasteiger partial charge in [-0.25, -0.2) is 18.2 Å². The number of esters is 1. The van der Waals surface area contributed by atoms with Gasteiger partial charge in [-0.1, -0.05) is 0 Å². The highest BCUT2D eigenvalue weighted by molar-refractivity contribution is 7.90. The Labute approximate surface area is 81.4 Å². The molecule has 0 aliphatic carbocycles. The lowest BCUT2D eigenvalue weighted by molar-refractivity contribution is 0.0589. The van der Waals surface area contributed by atoms with Crippen LogP contribution in [0.15, 0.2) is 11.4 Å².